The highest BCUT2D eigenvalue weighted by molar-refractivity contribution is 6.35. The Morgan fingerprint density at radius 2 is 0.750 bits per heavy atom. The molecule has 0 fully saturated rings. The largest absolute Gasteiger partial charge is 0.307 e. The predicted molar refractivity (Wildman–Crippen MR) is 201 cm³/mol. The zero-order valence-electron chi connectivity index (χ0n) is 25.8. The number of hydrogen-bond acceptors (Lipinski definition) is 2. The van der Waals surface area contributed by atoms with Gasteiger partial charge in [0.25, 0.3) is 0 Å². The van der Waals surface area contributed by atoms with Crippen LogP contribution in [0.5, 0.6) is 0 Å². The molecule has 8 aromatic carbocycles. The molecule has 4 nitrogen and oxygen atoms in total. The number of rotatable bonds is 2. The Labute approximate surface area is 274 Å². The average Bonchev–Trinajstić information content (AvgIpc) is 3.69. The fourth-order valence-electron chi connectivity index (χ4n) is 8.26. The van der Waals surface area contributed by atoms with Crippen LogP contribution in [0, 0.1) is 0 Å². The highest BCUT2D eigenvalue weighted by atomic mass is 15.0. The maximum absolute atomic E-state index is 5.05. The van der Waals surface area contributed by atoms with Gasteiger partial charge in [0, 0.05) is 45.3 Å². The SMILES string of the molecule is c1ccc(-n2c3ccccc3c3c4nccnc4c4c5ccccc5n(-c5ccc6c7ccccc7c7ccccc7c6c5)c4c32)cc1. The summed E-state index contributed by atoms with van der Waals surface area (Å²) in [7, 11) is 0. The van der Waals surface area contributed by atoms with Gasteiger partial charge in [0.2, 0.25) is 0 Å². The van der Waals surface area contributed by atoms with Crippen LogP contribution < -0.4 is 0 Å². The van der Waals surface area contributed by atoms with Gasteiger partial charge < -0.3 is 9.13 Å². The van der Waals surface area contributed by atoms with Gasteiger partial charge in [-0.3, -0.25) is 9.97 Å². The van der Waals surface area contributed by atoms with Crippen molar-refractivity contribution >= 4 is 87.0 Å². The van der Waals surface area contributed by atoms with Crippen LogP contribution in [0.25, 0.3) is 98.3 Å². The van der Waals surface area contributed by atoms with Crippen LogP contribution in [0.1, 0.15) is 0 Å². The summed E-state index contributed by atoms with van der Waals surface area (Å²) in [6.45, 7) is 0. The lowest BCUT2D eigenvalue weighted by Crippen LogP contribution is -1.99. The van der Waals surface area contributed by atoms with Crippen molar-refractivity contribution in [2.45, 2.75) is 0 Å². The molecule has 0 N–H and O–H groups in total. The Morgan fingerprint density at radius 3 is 1.29 bits per heavy atom. The molecule has 0 aliphatic heterocycles. The van der Waals surface area contributed by atoms with Gasteiger partial charge in [-0.2, -0.15) is 0 Å². The lowest BCUT2D eigenvalue weighted by Gasteiger charge is -2.15. The van der Waals surface area contributed by atoms with Crippen LogP contribution in [0.2, 0.25) is 0 Å². The van der Waals surface area contributed by atoms with Gasteiger partial charge >= 0.3 is 0 Å². The second-order valence-corrected chi connectivity index (χ2v) is 12.6. The number of para-hydroxylation sites is 3. The van der Waals surface area contributed by atoms with Crippen molar-refractivity contribution in [1.82, 2.24) is 19.1 Å². The fourth-order valence-corrected chi connectivity index (χ4v) is 8.26. The highest BCUT2D eigenvalue weighted by Crippen LogP contribution is 2.46. The van der Waals surface area contributed by atoms with Crippen molar-refractivity contribution in [2.75, 3.05) is 0 Å². The van der Waals surface area contributed by atoms with E-state index in [2.05, 4.69) is 155 Å². The summed E-state index contributed by atoms with van der Waals surface area (Å²) >= 11 is 0. The molecule has 0 atom stereocenters. The Morgan fingerprint density at radius 1 is 0.333 bits per heavy atom. The fraction of sp³-hybridized carbons (Fsp3) is 0. The molecule has 0 saturated carbocycles. The lowest BCUT2D eigenvalue weighted by atomic mass is 9.94. The molecule has 48 heavy (non-hydrogen) atoms. The third kappa shape index (κ3) is 3.28. The molecule has 0 aliphatic rings. The predicted octanol–water partition coefficient (Wildman–Crippen LogP) is 11.3. The second-order valence-electron chi connectivity index (χ2n) is 12.6. The Kier molecular flexibility index (Phi) is 5.08. The molecule has 0 amide bonds. The zero-order valence-corrected chi connectivity index (χ0v) is 25.8. The molecule has 0 bridgehead atoms. The van der Waals surface area contributed by atoms with E-state index in [4.69, 9.17) is 9.97 Å². The Bertz CT molecular complexity index is 3080. The normalized spacial score (nSPS) is 12.2. The summed E-state index contributed by atoms with van der Waals surface area (Å²) in [6, 6.07) is 52.7. The molecule has 3 heterocycles. The summed E-state index contributed by atoms with van der Waals surface area (Å²) in [5.41, 5.74) is 8.61. The zero-order chi connectivity index (χ0) is 31.3. The first-order chi connectivity index (χ1) is 23.9. The van der Waals surface area contributed by atoms with E-state index in [1.54, 1.807) is 0 Å². The number of benzene rings is 8. The average molecular weight is 611 g/mol. The van der Waals surface area contributed by atoms with Crippen molar-refractivity contribution in [3.8, 4) is 11.4 Å². The summed E-state index contributed by atoms with van der Waals surface area (Å²) < 4.78 is 4.88. The van der Waals surface area contributed by atoms with Crippen molar-refractivity contribution < 1.29 is 0 Å². The molecule has 0 radical (unpaired) electrons. The van der Waals surface area contributed by atoms with E-state index < -0.39 is 0 Å². The molecule has 4 heteroatoms. The minimum Gasteiger partial charge on any atom is -0.307 e. The first kappa shape index (κ1) is 25.6. The molecule has 0 saturated heterocycles. The second kappa shape index (κ2) is 9.50. The maximum Gasteiger partial charge on any atom is 0.0994 e. The van der Waals surface area contributed by atoms with Crippen LogP contribution in [0.3, 0.4) is 0 Å². The number of fused-ring (bicyclic) bond motifs is 16. The van der Waals surface area contributed by atoms with E-state index in [9.17, 15) is 0 Å². The number of aromatic nitrogens is 4. The van der Waals surface area contributed by atoms with Crippen molar-refractivity contribution in [1.29, 1.82) is 0 Å². The van der Waals surface area contributed by atoms with E-state index in [0.717, 1.165) is 66.0 Å². The molecular weight excluding hydrogens is 585 g/mol. The molecule has 222 valence electrons. The minimum absolute atomic E-state index is 0.920. The van der Waals surface area contributed by atoms with Crippen LogP contribution in [0.4, 0.5) is 0 Å². The van der Waals surface area contributed by atoms with Gasteiger partial charge in [0.05, 0.1) is 33.1 Å². The van der Waals surface area contributed by atoms with E-state index in [-0.39, 0.29) is 0 Å². The molecule has 3 aromatic heterocycles. The third-order valence-electron chi connectivity index (χ3n) is 10.1. The van der Waals surface area contributed by atoms with Gasteiger partial charge in [-0.25, -0.2) is 0 Å². The molecule has 0 unspecified atom stereocenters. The lowest BCUT2D eigenvalue weighted by molar-refractivity contribution is 1.15. The quantitative estimate of drug-likeness (QED) is 0.183. The van der Waals surface area contributed by atoms with Gasteiger partial charge in [-0.05, 0) is 68.7 Å². The standard InChI is InChI=1S/C44H26N4/c1-2-12-27(13-3-1)47-37-20-10-8-18-34(37)39-41-42(46-25-24-45-41)40-35-19-9-11-21-38(35)48(44(40)43(39)47)28-22-23-33-31-16-5-4-14-29(31)30-15-6-7-17-32(30)36(33)26-28/h1-26H. The van der Waals surface area contributed by atoms with Gasteiger partial charge in [0.15, 0.2) is 0 Å². The van der Waals surface area contributed by atoms with E-state index in [1.807, 2.05) is 12.4 Å². The van der Waals surface area contributed by atoms with E-state index >= 15 is 0 Å². The van der Waals surface area contributed by atoms with E-state index in [1.165, 1.54) is 32.3 Å². The highest BCUT2D eigenvalue weighted by Gasteiger charge is 2.25. The smallest absolute Gasteiger partial charge is 0.0994 e. The Balaban J connectivity index is 1.41. The monoisotopic (exact) mass is 610 g/mol. The maximum atomic E-state index is 5.05. The van der Waals surface area contributed by atoms with Crippen LogP contribution >= 0.6 is 0 Å². The molecule has 0 aliphatic carbocycles. The molecule has 0 spiro atoms. The van der Waals surface area contributed by atoms with Gasteiger partial charge in [0.1, 0.15) is 0 Å². The van der Waals surface area contributed by atoms with Gasteiger partial charge in [-0.1, -0.05) is 109 Å². The topological polar surface area (TPSA) is 35.6 Å². The van der Waals surface area contributed by atoms with Crippen molar-refractivity contribution in [3.63, 3.8) is 0 Å². The minimum atomic E-state index is 0.920. The van der Waals surface area contributed by atoms with Crippen LogP contribution in [0.15, 0.2) is 158 Å². The summed E-state index contributed by atoms with van der Waals surface area (Å²) in [4.78, 5) is 10.1. The number of nitrogens with zero attached hydrogens (tertiary/aromatic N) is 4. The van der Waals surface area contributed by atoms with Crippen molar-refractivity contribution in [2.24, 2.45) is 0 Å². The van der Waals surface area contributed by atoms with Gasteiger partial charge in [-0.15, -0.1) is 0 Å². The van der Waals surface area contributed by atoms with Crippen molar-refractivity contribution in [3.05, 3.63) is 158 Å². The summed E-state index contributed by atoms with van der Waals surface area (Å²) in [5, 5.41) is 12.1. The molecular formula is C44H26N4. The number of hydrogen-bond donors (Lipinski definition) is 0. The summed E-state index contributed by atoms with van der Waals surface area (Å²) in [5.74, 6) is 0. The third-order valence-corrected chi connectivity index (χ3v) is 10.1. The van der Waals surface area contributed by atoms with E-state index in [0.29, 0.717) is 0 Å². The first-order valence-electron chi connectivity index (χ1n) is 16.3. The summed E-state index contributed by atoms with van der Waals surface area (Å²) in [6.07, 6.45) is 3.64. The molecule has 11 aromatic rings. The molecule has 11 rings (SSSR count). The first-order valence-corrected chi connectivity index (χ1v) is 16.3. The van der Waals surface area contributed by atoms with Crippen LogP contribution in [-0.4, -0.2) is 19.1 Å². The Hall–Kier alpha value is -6.52. The van der Waals surface area contributed by atoms with Crippen LogP contribution in [-0.2, 0) is 0 Å².